The first-order chi connectivity index (χ1) is 11.9. The molecule has 148 valence electrons. The second-order valence-electron chi connectivity index (χ2n) is 6.22. The van der Waals surface area contributed by atoms with Gasteiger partial charge in [0.05, 0.1) is 0 Å². The number of halogens is 2. The van der Waals surface area contributed by atoms with E-state index in [1.165, 1.54) is 12.1 Å². The van der Waals surface area contributed by atoms with Gasteiger partial charge in [-0.15, -0.1) is 12.4 Å². The lowest BCUT2D eigenvalue weighted by Crippen LogP contribution is -2.53. The first-order valence-corrected chi connectivity index (χ1v) is 8.71. The maximum Gasteiger partial charge on any atom is 0.315 e. The summed E-state index contributed by atoms with van der Waals surface area (Å²) in [6.45, 7) is 8.21. The summed E-state index contributed by atoms with van der Waals surface area (Å²) in [7, 11) is 0. The third-order valence-electron chi connectivity index (χ3n) is 3.63. The van der Waals surface area contributed by atoms with Crippen LogP contribution in [0.4, 0.5) is 9.18 Å². The normalized spacial score (nSPS) is 11.4. The van der Waals surface area contributed by atoms with E-state index >= 15 is 0 Å². The quantitative estimate of drug-likeness (QED) is 0.464. The molecule has 0 saturated heterocycles. The average Bonchev–Trinajstić information content (AvgIpc) is 2.58. The number of carbonyl (C=O) groups excluding carboxylic acids is 2. The van der Waals surface area contributed by atoms with Gasteiger partial charge in [0.15, 0.2) is 0 Å². The number of rotatable bonds is 10. The summed E-state index contributed by atoms with van der Waals surface area (Å²) >= 11 is 0. The Morgan fingerprint density at radius 3 is 2.27 bits per heavy atom. The van der Waals surface area contributed by atoms with E-state index in [4.69, 9.17) is 0 Å². The highest BCUT2D eigenvalue weighted by Gasteiger charge is 2.23. The summed E-state index contributed by atoms with van der Waals surface area (Å²) in [6.07, 6.45) is 1.04. The Morgan fingerprint density at radius 2 is 1.69 bits per heavy atom. The van der Waals surface area contributed by atoms with Crippen LogP contribution < -0.4 is 21.3 Å². The van der Waals surface area contributed by atoms with Gasteiger partial charge >= 0.3 is 6.03 Å². The van der Waals surface area contributed by atoms with Crippen LogP contribution in [0, 0.1) is 11.7 Å². The van der Waals surface area contributed by atoms with Crippen LogP contribution in [-0.2, 0) is 11.3 Å². The maximum atomic E-state index is 12.9. The summed E-state index contributed by atoms with van der Waals surface area (Å²) in [5.74, 6) is -0.566. The fraction of sp³-hybridized carbons (Fsp3) is 0.556. The number of benzene rings is 1. The summed E-state index contributed by atoms with van der Waals surface area (Å²) < 4.78 is 12.9. The molecule has 0 spiro atoms. The van der Waals surface area contributed by atoms with Crippen molar-refractivity contribution in [1.82, 2.24) is 21.3 Å². The predicted octanol–water partition coefficient (Wildman–Crippen LogP) is 2.19. The van der Waals surface area contributed by atoms with Gasteiger partial charge in [0.2, 0.25) is 5.91 Å². The molecule has 1 rings (SSSR count). The van der Waals surface area contributed by atoms with Crippen LogP contribution in [0.25, 0.3) is 0 Å². The molecule has 26 heavy (non-hydrogen) atoms. The van der Waals surface area contributed by atoms with E-state index in [0.29, 0.717) is 13.1 Å². The molecule has 6 nitrogen and oxygen atoms in total. The fourth-order valence-electron chi connectivity index (χ4n) is 2.20. The number of nitrogens with one attached hydrogen (secondary N) is 4. The van der Waals surface area contributed by atoms with Gasteiger partial charge in [-0.25, -0.2) is 9.18 Å². The van der Waals surface area contributed by atoms with E-state index in [-0.39, 0.29) is 36.6 Å². The lowest BCUT2D eigenvalue weighted by atomic mass is 10.0. The zero-order valence-electron chi connectivity index (χ0n) is 15.6. The largest absolute Gasteiger partial charge is 0.353 e. The Bertz CT molecular complexity index is 540. The second kappa shape index (κ2) is 13.4. The molecule has 1 atom stereocenters. The van der Waals surface area contributed by atoms with Crippen LogP contribution in [0.2, 0.25) is 0 Å². The lowest BCUT2D eigenvalue weighted by molar-refractivity contribution is -0.123. The minimum Gasteiger partial charge on any atom is -0.353 e. The Labute approximate surface area is 161 Å². The molecule has 1 aromatic rings. The molecule has 0 aliphatic rings. The highest BCUT2D eigenvalue weighted by Crippen LogP contribution is 2.03. The van der Waals surface area contributed by atoms with E-state index in [0.717, 1.165) is 18.5 Å². The lowest BCUT2D eigenvalue weighted by Gasteiger charge is -2.22. The minimum atomic E-state index is -0.612. The molecule has 0 bridgehead atoms. The smallest absolute Gasteiger partial charge is 0.315 e. The molecule has 3 amide bonds. The van der Waals surface area contributed by atoms with Gasteiger partial charge in [-0.05, 0) is 36.6 Å². The molecule has 8 heteroatoms. The molecule has 0 aromatic heterocycles. The van der Waals surface area contributed by atoms with Crippen LogP contribution in [0.1, 0.15) is 32.8 Å². The summed E-state index contributed by atoms with van der Waals surface area (Å²) in [6, 6.07) is 4.84. The first kappa shape index (κ1) is 24.1. The van der Waals surface area contributed by atoms with E-state index in [1.54, 1.807) is 12.1 Å². The van der Waals surface area contributed by atoms with Crippen LogP contribution >= 0.6 is 12.4 Å². The van der Waals surface area contributed by atoms with Gasteiger partial charge < -0.3 is 21.3 Å². The van der Waals surface area contributed by atoms with Crippen molar-refractivity contribution in [3.05, 3.63) is 35.6 Å². The summed E-state index contributed by atoms with van der Waals surface area (Å²) in [5, 5.41) is 11.4. The monoisotopic (exact) mass is 388 g/mol. The van der Waals surface area contributed by atoms with Gasteiger partial charge in [0.1, 0.15) is 11.9 Å². The number of hydrogen-bond acceptors (Lipinski definition) is 3. The zero-order valence-corrected chi connectivity index (χ0v) is 16.4. The van der Waals surface area contributed by atoms with Gasteiger partial charge in [0.25, 0.3) is 0 Å². The maximum absolute atomic E-state index is 12.9. The molecule has 0 aliphatic carbocycles. The third-order valence-corrected chi connectivity index (χ3v) is 3.63. The summed E-state index contributed by atoms with van der Waals surface area (Å²) in [5.41, 5.74) is 0.782. The van der Waals surface area contributed by atoms with Crippen molar-refractivity contribution in [2.24, 2.45) is 5.92 Å². The van der Waals surface area contributed by atoms with Crippen molar-refractivity contribution in [2.75, 3.05) is 19.6 Å². The zero-order chi connectivity index (χ0) is 18.7. The molecule has 0 heterocycles. The van der Waals surface area contributed by atoms with Crippen LogP contribution in [0.5, 0.6) is 0 Å². The van der Waals surface area contributed by atoms with Crippen molar-refractivity contribution >= 4 is 24.3 Å². The molecular formula is C18H30ClFN4O2. The molecule has 0 fully saturated rings. The Hall–Kier alpha value is -1.86. The number of amides is 3. The van der Waals surface area contributed by atoms with Crippen molar-refractivity contribution in [3.8, 4) is 0 Å². The molecule has 0 radical (unpaired) electrons. The summed E-state index contributed by atoms with van der Waals surface area (Å²) in [4.78, 5) is 24.3. The van der Waals surface area contributed by atoms with Crippen molar-refractivity contribution in [2.45, 2.75) is 39.8 Å². The average molecular weight is 389 g/mol. The third kappa shape index (κ3) is 9.58. The van der Waals surface area contributed by atoms with Gasteiger partial charge in [0, 0.05) is 19.6 Å². The Balaban J connectivity index is 0.00000625. The number of hydrogen-bond donors (Lipinski definition) is 4. The van der Waals surface area contributed by atoms with Crippen LogP contribution in [0.15, 0.2) is 24.3 Å². The van der Waals surface area contributed by atoms with Gasteiger partial charge in [-0.2, -0.15) is 0 Å². The van der Waals surface area contributed by atoms with E-state index in [1.807, 2.05) is 13.8 Å². The second-order valence-corrected chi connectivity index (χ2v) is 6.22. The highest BCUT2D eigenvalue weighted by atomic mass is 35.5. The van der Waals surface area contributed by atoms with E-state index in [2.05, 4.69) is 28.2 Å². The van der Waals surface area contributed by atoms with E-state index < -0.39 is 12.1 Å². The molecular weight excluding hydrogens is 359 g/mol. The van der Waals surface area contributed by atoms with Crippen molar-refractivity contribution < 1.29 is 14.0 Å². The minimum absolute atomic E-state index is 0. The van der Waals surface area contributed by atoms with Crippen molar-refractivity contribution in [1.29, 1.82) is 0 Å². The van der Waals surface area contributed by atoms with E-state index in [9.17, 15) is 14.0 Å². The van der Waals surface area contributed by atoms with Gasteiger partial charge in [-0.1, -0.05) is 32.9 Å². The number of carbonyl (C=O) groups is 2. The molecule has 1 aromatic carbocycles. The number of urea groups is 1. The molecule has 0 aliphatic heterocycles. The SMILES string of the molecule is CCCNCCNC(=O)C(NC(=O)NCc1ccc(F)cc1)C(C)C.Cl. The standard InChI is InChI=1S/C18H29FN4O2.ClH/c1-4-9-20-10-11-21-17(24)16(13(2)3)23-18(25)22-12-14-5-7-15(19)8-6-14;/h5-8,13,16,20H,4,9-12H2,1-3H3,(H,21,24)(H2,22,23,25);1H. The van der Waals surface area contributed by atoms with Crippen LogP contribution in [-0.4, -0.2) is 37.6 Å². The first-order valence-electron chi connectivity index (χ1n) is 8.71. The Kier molecular flexibility index (Phi) is 12.4. The molecule has 0 saturated carbocycles. The predicted molar refractivity (Wildman–Crippen MR) is 104 cm³/mol. The molecule has 1 unspecified atom stereocenters. The topological polar surface area (TPSA) is 82.3 Å². The van der Waals surface area contributed by atoms with Crippen LogP contribution in [0.3, 0.4) is 0 Å². The highest BCUT2D eigenvalue weighted by molar-refractivity contribution is 5.87. The van der Waals surface area contributed by atoms with Gasteiger partial charge in [-0.3, -0.25) is 4.79 Å². The molecule has 4 N–H and O–H groups in total. The fourth-order valence-corrected chi connectivity index (χ4v) is 2.20. The van der Waals surface area contributed by atoms with Crippen molar-refractivity contribution in [3.63, 3.8) is 0 Å². The Morgan fingerprint density at radius 1 is 1.04 bits per heavy atom.